The molecule has 0 aromatic rings. The molecule has 6 nitrogen and oxygen atoms in total. The Morgan fingerprint density at radius 1 is 0.850 bits per heavy atom. The Bertz CT molecular complexity index is 240. The third-order valence-electron chi connectivity index (χ3n) is 3.55. The first kappa shape index (κ1) is 19.5. The quantitative estimate of drug-likeness (QED) is 0.271. The van der Waals surface area contributed by atoms with Gasteiger partial charge in [0.25, 0.3) is 0 Å². The predicted octanol–water partition coefficient (Wildman–Crippen LogP) is -0.442. The van der Waals surface area contributed by atoms with Crippen LogP contribution in [-0.4, -0.2) is 73.3 Å². The molecule has 0 saturated carbocycles. The summed E-state index contributed by atoms with van der Waals surface area (Å²) in [6, 6.07) is 0. The third kappa shape index (κ3) is 5.87. The van der Waals surface area contributed by atoms with E-state index in [1.165, 1.54) is 0 Å². The van der Waals surface area contributed by atoms with E-state index in [9.17, 15) is 20.4 Å². The van der Waals surface area contributed by atoms with Gasteiger partial charge in [-0.05, 0) is 6.42 Å². The zero-order valence-corrected chi connectivity index (χ0v) is 12.3. The lowest BCUT2D eigenvalue weighted by Crippen LogP contribution is -2.42. The molecule has 0 heterocycles. The minimum Gasteiger partial charge on any atom is -0.396 e. The van der Waals surface area contributed by atoms with Crippen LogP contribution in [0.4, 0.5) is 0 Å². The van der Waals surface area contributed by atoms with Gasteiger partial charge in [-0.1, -0.05) is 13.0 Å². The molecular weight excluding hydrogens is 264 g/mol. The lowest BCUT2D eigenvalue weighted by molar-refractivity contribution is -0.100. The number of aliphatic hydroxyl groups excluding tert-OH is 4. The maximum Gasteiger partial charge on any atom is 0.0645 e. The zero-order valence-electron chi connectivity index (χ0n) is 12.3. The molecule has 4 N–H and O–H groups in total. The van der Waals surface area contributed by atoms with Crippen LogP contribution in [0.5, 0.6) is 0 Å². The van der Waals surface area contributed by atoms with Crippen molar-refractivity contribution < 1.29 is 29.9 Å². The Labute approximate surface area is 120 Å². The van der Waals surface area contributed by atoms with Crippen LogP contribution in [0.1, 0.15) is 13.3 Å². The van der Waals surface area contributed by atoms with Crippen molar-refractivity contribution in [3.8, 4) is 0 Å². The van der Waals surface area contributed by atoms with Crippen molar-refractivity contribution in [1.82, 2.24) is 0 Å². The second-order valence-corrected chi connectivity index (χ2v) is 5.28. The fraction of sp³-hybridized carbons (Fsp3) is 0.857. The minimum atomic E-state index is -0.895. The summed E-state index contributed by atoms with van der Waals surface area (Å²) in [4.78, 5) is 0. The summed E-state index contributed by atoms with van der Waals surface area (Å²) in [5.41, 5.74) is -1.59. The molecule has 6 heteroatoms. The second kappa shape index (κ2) is 10.3. The first-order valence-electron chi connectivity index (χ1n) is 6.77. The van der Waals surface area contributed by atoms with Gasteiger partial charge in [0.15, 0.2) is 0 Å². The molecule has 120 valence electrons. The SMILES string of the molecule is C=CCOCC(CO)(CO)COCC(CC)(CO)CO. The van der Waals surface area contributed by atoms with E-state index in [0.717, 1.165) is 0 Å². The van der Waals surface area contributed by atoms with Crippen molar-refractivity contribution in [2.24, 2.45) is 10.8 Å². The zero-order chi connectivity index (χ0) is 15.5. The van der Waals surface area contributed by atoms with Gasteiger partial charge >= 0.3 is 0 Å². The van der Waals surface area contributed by atoms with Gasteiger partial charge in [0.05, 0.1) is 58.3 Å². The average molecular weight is 292 g/mol. The summed E-state index contributed by atoms with van der Waals surface area (Å²) < 4.78 is 10.8. The van der Waals surface area contributed by atoms with Crippen LogP contribution in [0.3, 0.4) is 0 Å². The van der Waals surface area contributed by atoms with Gasteiger partial charge < -0.3 is 29.9 Å². The topological polar surface area (TPSA) is 99.4 Å². The number of ether oxygens (including phenoxy) is 2. The smallest absolute Gasteiger partial charge is 0.0645 e. The second-order valence-electron chi connectivity index (χ2n) is 5.28. The Balaban J connectivity index is 4.42. The lowest BCUT2D eigenvalue weighted by atomic mass is 9.87. The normalized spacial score (nSPS) is 12.7. The Morgan fingerprint density at radius 2 is 1.30 bits per heavy atom. The van der Waals surface area contributed by atoms with Crippen LogP contribution >= 0.6 is 0 Å². The van der Waals surface area contributed by atoms with Crippen LogP contribution in [0.15, 0.2) is 12.7 Å². The fourth-order valence-electron chi connectivity index (χ4n) is 1.58. The maximum absolute atomic E-state index is 9.43. The molecule has 0 aromatic heterocycles. The van der Waals surface area contributed by atoms with E-state index in [0.29, 0.717) is 13.0 Å². The van der Waals surface area contributed by atoms with E-state index in [1.54, 1.807) is 6.08 Å². The standard InChI is InChI=1S/C14H28O6/c1-3-5-19-11-14(8-17,9-18)12-20-10-13(4-2,6-15)7-16/h3,15-18H,1,4-12H2,2H3. The van der Waals surface area contributed by atoms with Crippen LogP contribution in [0, 0.1) is 10.8 Å². The van der Waals surface area contributed by atoms with Crippen molar-refractivity contribution in [3.05, 3.63) is 12.7 Å². The van der Waals surface area contributed by atoms with E-state index >= 15 is 0 Å². The van der Waals surface area contributed by atoms with Crippen molar-refractivity contribution in [2.45, 2.75) is 13.3 Å². The summed E-state index contributed by atoms with van der Waals surface area (Å²) in [5, 5.41) is 37.5. The molecule has 0 aliphatic rings. The molecule has 0 amide bonds. The molecule has 0 aromatic carbocycles. The molecular formula is C14H28O6. The van der Waals surface area contributed by atoms with Crippen molar-refractivity contribution in [2.75, 3.05) is 52.9 Å². The highest BCUT2D eigenvalue weighted by Crippen LogP contribution is 2.23. The summed E-state index contributed by atoms with van der Waals surface area (Å²) in [5.74, 6) is 0. The summed E-state index contributed by atoms with van der Waals surface area (Å²) in [7, 11) is 0. The Hall–Kier alpha value is -0.500. The molecule has 0 bridgehead atoms. The van der Waals surface area contributed by atoms with Gasteiger partial charge in [-0.2, -0.15) is 0 Å². The summed E-state index contributed by atoms with van der Waals surface area (Å²) >= 11 is 0. The Morgan fingerprint density at radius 3 is 1.70 bits per heavy atom. The number of rotatable bonds is 13. The predicted molar refractivity (Wildman–Crippen MR) is 75.3 cm³/mol. The molecule has 0 aliphatic heterocycles. The van der Waals surface area contributed by atoms with E-state index in [-0.39, 0.29) is 46.2 Å². The minimum absolute atomic E-state index is 0.0822. The van der Waals surface area contributed by atoms with Gasteiger partial charge in [-0.15, -0.1) is 6.58 Å². The van der Waals surface area contributed by atoms with E-state index < -0.39 is 10.8 Å². The van der Waals surface area contributed by atoms with Gasteiger partial charge in [-0.3, -0.25) is 0 Å². The van der Waals surface area contributed by atoms with E-state index in [4.69, 9.17) is 9.47 Å². The maximum atomic E-state index is 9.43. The molecule has 20 heavy (non-hydrogen) atoms. The van der Waals surface area contributed by atoms with Gasteiger partial charge in [0, 0.05) is 5.41 Å². The lowest BCUT2D eigenvalue weighted by Gasteiger charge is -2.33. The number of hydrogen-bond donors (Lipinski definition) is 4. The summed E-state index contributed by atoms with van der Waals surface area (Å²) in [6.07, 6.45) is 2.15. The molecule has 0 rings (SSSR count). The highest BCUT2D eigenvalue weighted by atomic mass is 16.5. The van der Waals surface area contributed by atoms with Crippen LogP contribution in [0.2, 0.25) is 0 Å². The monoisotopic (exact) mass is 292 g/mol. The average Bonchev–Trinajstić information content (AvgIpc) is 2.51. The van der Waals surface area contributed by atoms with Gasteiger partial charge in [0.1, 0.15) is 0 Å². The van der Waals surface area contributed by atoms with E-state index in [1.807, 2.05) is 6.92 Å². The largest absolute Gasteiger partial charge is 0.396 e. The van der Waals surface area contributed by atoms with Crippen molar-refractivity contribution >= 4 is 0 Å². The van der Waals surface area contributed by atoms with Crippen LogP contribution in [0.25, 0.3) is 0 Å². The number of aliphatic hydroxyl groups is 4. The highest BCUT2D eigenvalue weighted by Gasteiger charge is 2.32. The fourth-order valence-corrected chi connectivity index (χ4v) is 1.58. The molecule has 0 spiro atoms. The van der Waals surface area contributed by atoms with E-state index in [2.05, 4.69) is 6.58 Å². The number of hydrogen-bond acceptors (Lipinski definition) is 6. The van der Waals surface area contributed by atoms with Crippen molar-refractivity contribution in [1.29, 1.82) is 0 Å². The summed E-state index contributed by atoms with van der Waals surface area (Å²) in [6.45, 7) is 5.16. The molecule has 0 fully saturated rings. The van der Waals surface area contributed by atoms with Gasteiger partial charge in [-0.25, -0.2) is 0 Å². The highest BCUT2D eigenvalue weighted by molar-refractivity contribution is 4.81. The molecule has 0 atom stereocenters. The molecule has 0 aliphatic carbocycles. The first-order valence-corrected chi connectivity index (χ1v) is 6.77. The molecule has 0 unspecified atom stereocenters. The van der Waals surface area contributed by atoms with Crippen LogP contribution < -0.4 is 0 Å². The first-order chi connectivity index (χ1) is 9.57. The molecule has 0 radical (unpaired) electrons. The molecule has 0 saturated heterocycles. The third-order valence-corrected chi connectivity index (χ3v) is 3.55. The Kier molecular flexibility index (Phi) is 10.0. The van der Waals surface area contributed by atoms with Crippen LogP contribution in [-0.2, 0) is 9.47 Å². The van der Waals surface area contributed by atoms with Gasteiger partial charge in [0.2, 0.25) is 0 Å². The van der Waals surface area contributed by atoms with Crippen molar-refractivity contribution in [3.63, 3.8) is 0 Å².